The van der Waals surface area contributed by atoms with Crippen LogP contribution in [0.5, 0.6) is 0 Å². The average molecular weight is 357 g/mol. The van der Waals surface area contributed by atoms with Gasteiger partial charge < -0.3 is 10.6 Å². The van der Waals surface area contributed by atoms with Crippen molar-refractivity contribution in [2.24, 2.45) is 0 Å². The van der Waals surface area contributed by atoms with E-state index >= 15 is 0 Å². The monoisotopic (exact) mass is 357 g/mol. The number of hydrogen-bond acceptors (Lipinski definition) is 4. The molecule has 1 aliphatic rings. The van der Waals surface area contributed by atoms with Crippen LogP contribution in [0.3, 0.4) is 0 Å². The Labute approximate surface area is 153 Å². The zero-order valence-electron chi connectivity index (χ0n) is 15.5. The molecule has 2 aromatic rings. The summed E-state index contributed by atoms with van der Waals surface area (Å²) in [6, 6.07) is 6.03. The first kappa shape index (κ1) is 18.4. The van der Waals surface area contributed by atoms with E-state index in [4.69, 9.17) is 0 Å². The van der Waals surface area contributed by atoms with Gasteiger partial charge in [-0.1, -0.05) is 18.6 Å². The molecule has 0 aliphatic carbocycles. The van der Waals surface area contributed by atoms with Crippen molar-refractivity contribution in [1.82, 2.24) is 25.7 Å². The summed E-state index contributed by atoms with van der Waals surface area (Å²) in [4.78, 5) is 26.5. The number of rotatable bonds is 6. The van der Waals surface area contributed by atoms with Crippen LogP contribution in [0, 0.1) is 6.92 Å². The molecule has 1 aliphatic heterocycles. The molecule has 0 atom stereocenters. The van der Waals surface area contributed by atoms with Crippen LogP contribution in [0.15, 0.2) is 18.2 Å². The first-order chi connectivity index (χ1) is 12.6. The quantitative estimate of drug-likeness (QED) is 0.732. The minimum atomic E-state index is -0.138. The molecule has 0 saturated carbocycles. The molecule has 1 saturated heterocycles. The first-order valence-corrected chi connectivity index (χ1v) is 9.31. The number of aryl methyl sites for hydroxylation is 1. The Kier molecular flexibility index (Phi) is 5.88. The number of aromatic nitrogens is 2. The van der Waals surface area contributed by atoms with Gasteiger partial charge in [-0.25, -0.2) is 0 Å². The van der Waals surface area contributed by atoms with Crippen LogP contribution in [0.25, 0.3) is 10.9 Å². The van der Waals surface area contributed by atoms with Crippen LogP contribution >= 0.6 is 0 Å². The molecular weight excluding hydrogens is 330 g/mol. The summed E-state index contributed by atoms with van der Waals surface area (Å²) in [7, 11) is 0. The SMILES string of the molecule is CCCNC(=O)CN1CCC(NC(=O)c2n[nH]c3ccc(C)cc23)CC1. The van der Waals surface area contributed by atoms with Gasteiger partial charge in [-0.15, -0.1) is 0 Å². The zero-order valence-corrected chi connectivity index (χ0v) is 15.5. The highest BCUT2D eigenvalue weighted by molar-refractivity contribution is 6.04. The summed E-state index contributed by atoms with van der Waals surface area (Å²) >= 11 is 0. The summed E-state index contributed by atoms with van der Waals surface area (Å²) in [5.74, 6) is -0.0614. The minimum absolute atomic E-state index is 0.0766. The molecule has 7 heteroatoms. The van der Waals surface area contributed by atoms with Gasteiger partial charge in [0.05, 0.1) is 12.1 Å². The number of piperidine rings is 1. The van der Waals surface area contributed by atoms with Gasteiger partial charge in [0.15, 0.2) is 5.69 Å². The number of amides is 2. The van der Waals surface area contributed by atoms with E-state index in [1.807, 2.05) is 32.0 Å². The molecule has 0 spiro atoms. The lowest BCUT2D eigenvalue weighted by molar-refractivity contribution is -0.122. The number of nitrogens with one attached hydrogen (secondary N) is 3. The largest absolute Gasteiger partial charge is 0.355 e. The summed E-state index contributed by atoms with van der Waals surface area (Å²) in [5, 5.41) is 13.9. The fourth-order valence-corrected chi connectivity index (χ4v) is 3.31. The Hall–Kier alpha value is -2.41. The number of hydrogen-bond donors (Lipinski definition) is 3. The van der Waals surface area contributed by atoms with Gasteiger partial charge >= 0.3 is 0 Å². The van der Waals surface area contributed by atoms with Crippen molar-refractivity contribution in [3.8, 4) is 0 Å². The number of aromatic amines is 1. The van der Waals surface area contributed by atoms with Crippen LogP contribution in [-0.4, -0.2) is 59.1 Å². The third-order valence-corrected chi connectivity index (χ3v) is 4.80. The van der Waals surface area contributed by atoms with E-state index in [1.54, 1.807) is 0 Å². The van der Waals surface area contributed by atoms with Gasteiger partial charge in [0, 0.05) is 31.1 Å². The van der Waals surface area contributed by atoms with Crippen molar-refractivity contribution >= 4 is 22.7 Å². The molecule has 7 nitrogen and oxygen atoms in total. The van der Waals surface area contributed by atoms with Gasteiger partial charge in [0.1, 0.15) is 0 Å². The molecule has 26 heavy (non-hydrogen) atoms. The number of nitrogens with zero attached hydrogens (tertiary/aromatic N) is 2. The van der Waals surface area contributed by atoms with Crippen LogP contribution < -0.4 is 10.6 Å². The Bertz CT molecular complexity index is 777. The maximum Gasteiger partial charge on any atom is 0.272 e. The second-order valence-corrected chi connectivity index (χ2v) is 7.00. The molecule has 3 rings (SSSR count). The second kappa shape index (κ2) is 8.31. The van der Waals surface area contributed by atoms with Crippen LogP contribution in [0.4, 0.5) is 0 Å². The number of fused-ring (bicyclic) bond motifs is 1. The molecule has 0 bridgehead atoms. The second-order valence-electron chi connectivity index (χ2n) is 7.00. The number of carbonyl (C=O) groups is 2. The normalized spacial score (nSPS) is 15.9. The average Bonchev–Trinajstić information content (AvgIpc) is 3.04. The highest BCUT2D eigenvalue weighted by atomic mass is 16.2. The van der Waals surface area contributed by atoms with E-state index in [2.05, 4.69) is 25.7 Å². The highest BCUT2D eigenvalue weighted by Crippen LogP contribution is 2.18. The van der Waals surface area contributed by atoms with Gasteiger partial charge in [-0.2, -0.15) is 5.10 Å². The fourth-order valence-electron chi connectivity index (χ4n) is 3.31. The number of carbonyl (C=O) groups excluding carboxylic acids is 2. The summed E-state index contributed by atoms with van der Waals surface area (Å²) in [5.41, 5.74) is 2.42. The molecule has 1 fully saturated rings. The lowest BCUT2D eigenvalue weighted by Gasteiger charge is -2.31. The minimum Gasteiger partial charge on any atom is -0.355 e. The summed E-state index contributed by atoms with van der Waals surface area (Å²) < 4.78 is 0. The van der Waals surface area contributed by atoms with Crippen molar-refractivity contribution in [3.05, 3.63) is 29.5 Å². The number of benzene rings is 1. The lowest BCUT2D eigenvalue weighted by atomic mass is 10.0. The van der Waals surface area contributed by atoms with Crippen LogP contribution in [0.2, 0.25) is 0 Å². The van der Waals surface area contributed by atoms with Gasteiger partial charge in [-0.05, 0) is 38.3 Å². The highest BCUT2D eigenvalue weighted by Gasteiger charge is 2.24. The van der Waals surface area contributed by atoms with E-state index < -0.39 is 0 Å². The van der Waals surface area contributed by atoms with Crippen molar-refractivity contribution in [3.63, 3.8) is 0 Å². The lowest BCUT2D eigenvalue weighted by Crippen LogP contribution is -2.47. The van der Waals surface area contributed by atoms with Gasteiger partial charge in [0.2, 0.25) is 5.91 Å². The van der Waals surface area contributed by atoms with E-state index in [0.29, 0.717) is 12.2 Å². The standard InChI is InChI=1S/C19H27N5O2/c1-3-8-20-17(25)12-24-9-6-14(7-10-24)21-19(26)18-15-11-13(2)4-5-16(15)22-23-18/h4-5,11,14H,3,6-10,12H2,1-2H3,(H,20,25)(H,21,26)(H,22,23). The molecule has 140 valence electrons. The molecule has 2 amide bonds. The molecule has 1 aromatic carbocycles. The van der Waals surface area contributed by atoms with Crippen LogP contribution in [-0.2, 0) is 4.79 Å². The molecule has 1 aromatic heterocycles. The van der Waals surface area contributed by atoms with E-state index in [-0.39, 0.29) is 17.9 Å². The Morgan fingerprint density at radius 2 is 2.08 bits per heavy atom. The van der Waals surface area contributed by atoms with Crippen molar-refractivity contribution < 1.29 is 9.59 Å². The zero-order chi connectivity index (χ0) is 18.5. The molecule has 0 radical (unpaired) electrons. The van der Waals surface area contributed by atoms with E-state index in [9.17, 15) is 9.59 Å². The third-order valence-electron chi connectivity index (χ3n) is 4.80. The number of likely N-dealkylation sites (tertiary alicyclic amines) is 1. The molecule has 3 N–H and O–H groups in total. The molecule has 0 unspecified atom stereocenters. The molecule has 2 heterocycles. The summed E-state index contributed by atoms with van der Waals surface area (Å²) in [6.45, 7) is 6.82. The Morgan fingerprint density at radius 3 is 2.81 bits per heavy atom. The fraction of sp³-hybridized carbons (Fsp3) is 0.526. The maximum absolute atomic E-state index is 12.6. The predicted molar refractivity (Wildman–Crippen MR) is 101 cm³/mol. The summed E-state index contributed by atoms with van der Waals surface area (Å²) in [6.07, 6.45) is 2.63. The van der Waals surface area contributed by atoms with Crippen LogP contribution in [0.1, 0.15) is 42.2 Å². The predicted octanol–water partition coefficient (Wildman–Crippen LogP) is 1.59. The third kappa shape index (κ3) is 4.40. The number of H-pyrrole nitrogens is 1. The Balaban J connectivity index is 1.52. The van der Waals surface area contributed by atoms with Crippen molar-refractivity contribution in [2.75, 3.05) is 26.2 Å². The topological polar surface area (TPSA) is 90.1 Å². The maximum atomic E-state index is 12.6. The van der Waals surface area contributed by atoms with E-state index in [1.165, 1.54) is 0 Å². The van der Waals surface area contributed by atoms with Gasteiger partial charge in [-0.3, -0.25) is 19.6 Å². The van der Waals surface area contributed by atoms with Crippen molar-refractivity contribution in [1.29, 1.82) is 0 Å². The Morgan fingerprint density at radius 1 is 1.31 bits per heavy atom. The first-order valence-electron chi connectivity index (χ1n) is 9.31. The van der Waals surface area contributed by atoms with Crippen molar-refractivity contribution in [2.45, 2.75) is 39.2 Å². The smallest absolute Gasteiger partial charge is 0.272 e. The van der Waals surface area contributed by atoms with Gasteiger partial charge in [0.25, 0.3) is 5.91 Å². The van der Waals surface area contributed by atoms with E-state index in [0.717, 1.165) is 55.4 Å². The molecular formula is C19H27N5O2.